The number of imide groups is 1. The van der Waals surface area contributed by atoms with Crippen LogP contribution in [0.15, 0.2) is 45.7 Å². The summed E-state index contributed by atoms with van der Waals surface area (Å²) in [5.41, 5.74) is 0.431. The first kappa shape index (κ1) is 21.3. The molecule has 3 rings (SSSR count). The van der Waals surface area contributed by atoms with E-state index in [1.54, 1.807) is 31.2 Å². The van der Waals surface area contributed by atoms with Crippen LogP contribution in [0.2, 0.25) is 0 Å². The van der Waals surface area contributed by atoms with E-state index in [-0.39, 0.29) is 16.7 Å². The molecule has 156 valence electrons. The Balaban J connectivity index is 1.74. The predicted octanol–water partition coefficient (Wildman–Crippen LogP) is 4.23. The molecule has 2 aromatic rings. The second kappa shape index (κ2) is 8.95. The summed E-state index contributed by atoms with van der Waals surface area (Å²) in [6, 6.07) is 9.14. The van der Waals surface area contributed by atoms with Gasteiger partial charge in [0.2, 0.25) is 0 Å². The van der Waals surface area contributed by atoms with Crippen LogP contribution in [-0.2, 0) is 14.3 Å². The van der Waals surface area contributed by atoms with E-state index in [1.807, 2.05) is 6.92 Å². The van der Waals surface area contributed by atoms with Gasteiger partial charge in [0, 0.05) is 23.8 Å². The molecule has 0 bridgehead atoms. The topological polar surface area (TPSA) is 120 Å². The monoisotopic (exact) mass is 430 g/mol. The molecule has 10 heteroatoms. The highest BCUT2D eigenvalue weighted by Crippen LogP contribution is 2.33. The van der Waals surface area contributed by atoms with Gasteiger partial charge >= 0.3 is 5.97 Å². The molecule has 0 N–H and O–H groups in total. The Morgan fingerprint density at radius 1 is 1.33 bits per heavy atom. The largest absolute Gasteiger partial charge is 0.461 e. The lowest BCUT2D eigenvalue weighted by molar-refractivity contribution is -0.384. The lowest BCUT2D eigenvalue weighted by atomic mass is 10.1. The standard InChI is InChI=1S/C20H18N2O7S/c1-3-12(2)28-18(23)11-21-19(24)17(30-20(21)25)10-15-7-8-16(29-15)13-5-4-6-14(9-13)22(26)27/h4-10,12H,3,11H2,1-2H3/b17-10+/t12-/m0/s1. The minimum absolute atomic E-state index is 0.0733. The summed E-state index contributed by atoms with van der Waals surface area (Å²) in [5, 5.41) is 10.4. The summed E-state index contributed by atoms with van der Waals surface area (Å²) in [4.78, 5) is 47.9. The molecular weight excluding hydrogens is 412 g/mol. The van der Waals surface area contributed by atoms with Crippen LogP contribution >= 0.6 is 11.8 Å². The number of nitro groups is 1. The smallest absolute Gasteiger partial charge is 0.326 e. The quantitative estimate of drug-likeness (QED) is 0.277. The number of nitrogens with zero attached hydrogens (tertiary/aromatic N) is 2. The van der Waals surface area contributed by atoms with Crippen molar-refractivity contribution in [2.45, 2.75) is 26.4 Å². The number of benzene rings is 1. The average Bonchev–Trinajstić information content (AvgIpc) is 3.28. The second-order valence-corrected chi connectivity index (χ2v) is 7.48. The average molecular weight is 430 g/mol. The molecule has 1 aromatic heterocycles. The van der Waals surface area contributed by atoms with E-state index in [0.29, 0.717) is 35.3 Å². The first-order valence-electron chi connectivity index (χ1n) is 9.08. The maximum Gasteiger partial charge on any atom is 0.326 e. The lowest BCUT2D eigenvalue weighted by Crippen LogP contribution is -2.35. The highest BCUT2D eigenvalue weighted by molar-refractivity contribution is 8.18. The Hall–Kier alpha value is -3.40. The van der Waals surface area contributed by atoms with E-state index in [1.165, 1.54) is 18.2 Å². The van der Waals surface area contributed by atoms with Crippen molar-refractivity contribution in [3.63, 3.8) is 0 Å². The molecule has 1 aliphatic rings. The maximum atomic E-state index is 12.5. The van der Waals surface area contributed by atoms with Crippen LogP contribution in [0.25, 0.3) is 17.4 Å². The van der Waals surface area contributed by atoms with Gasteiger partial charge in [0.15, 0.2) is 0 Å². The molecule has 9 nitrogen and oxygen atoms in total. The molecule has 0 unspecified atom stereocenters. The Morgan fingerprint density at radius 3 is 2.80 bits per heavy atom. The molecule has 1 atom stereocenters. The van der Waals surface area contributed by atoms with Gasteiger partial charge < -0.3 is 9.15 Å². The lowest BCUT2D eigenvalue weighted by Gasteiger charge is -2.14. The van der Waals surface area contributed by atoms with Gasteiger partial charge in [-0.05, 0) is 37.2 Å². The van der Waals surface area contributed by atoms with Crippen molar-refractivity contribution in [1.29, 1.82) is 0 Å². The number of furan rings is 1. The maximum absolute atomic E-state index is 12.5. The summed E-state index contributed by atoms with van der Waals surface area (Å²) in [7, 11) is 0. The molecule has 0 aliphatic carbocycles. The molecular formula is C20H18N2O7S. The highest BCUT2D eigenvalue weighted by Gasteiger charge is 2.37. The van der Waals surface area contributed by atoms with E-state index < -0.39 is 28.6 Å². The number of carbonyl (C=O) groups excluding carboxylic acids is 3. The molecule has 2 heterocycles. The zero-order valence-electron chi connectivity index (χ0n) is 16.2. The van der Waals surface area contributed by atoms with Crippen molar-refractivity contribution < 1.29 is 28.5 Å². The van der Waals surface area contributed by atoms with Gasteiger partial charge in [-0.3, -0.25) is 29.4 Å². The van der Waals surface area contributed by atoms with E-state index >= 15 is 0 Å². The number of hydrogen-bond acceptors (Lipinski definition) is 8. The molecule has 0 radical (unpaired) electrons. The first-order chi connectivity index (χ1) is 14.3. The van der Waals surface area contributed by atoms with Gasteiger partial charge in [0.05, 0.1) is 15.9 Å². The molecule has 0 saturated carbocycles. The van der Waals surface area contributed by atoms with E-state index in [9.17, 15) is 24.5 Å². The predicted molar refractivity (Wildman–Crippen MR) is 109 cm³/mol. The van der Waals surface area contributed by atoms with Crippen molar-refractivity contribution in [1.82, 2.24) is 4.90 Å². The molecule has 1 saturated heterocycles. The van der Waals surface area contributed by atoms with E-state index in [4.69, 9.17) is 9.15 Å². The zero-order chi connectivity index (χ0) is 21.8. The van der Waals surface area contributed by atoms with Gasteiger partial charge in [0.1, 0.15) is 18.1 Å². The molecule has 2 amide bonds. The van der Waals surface area contributed by atoms with Crippen LogP contribution in [0, 0.1) is 10.1 Å². The Bertz CT molecular complexity index is 1040. The third-order valence-corrected chi connectivity index (χ3v) is 5.22. The number of thioether (sulfide) groups is 1. The number of non-ortho nitro benzene ring substituents is 1. The summed E-state index contributed by atoms with van der Waals surface area (Å²) in [5.74, 6) is -0.594. The van der Waals surface area contributed by atoms with Crippen molar-refractivity contribution in [2.75, 3.05) is 6.54 Å². The van der Waals surface area contributed by atoms with Gasteiger partial charge in [-0.1, -0.05) is 19.1 Å². The first-order valence-corrected chi connectivity index (χ1v) is 9.89. The molecule has 0 spiro atoms. The highest BCUT2D eigenvalue weighted by atomic mass is 32.2. The summed E-state index contributed by atoms with van der Waals surface area (Å²) in [6.45, 7) is 3.12. The normalized spacial score (nSPS) is 16.2. The van der Waals surface area contributed by atoms with Crippen molar-refractivity contribution in [3.05, 3.63) is 57.2 Å². The number of ether oxygens (including phenoxy) is 1. The fourth-order valence-electron chi connectivity index (χ4n) is 2.60. The van der Waals surface area contributed by atoms with Crippen LogP contribution in [0.3, 0.4) is 0 Å². The zero-order valence-corrected chi connectivity index (χ0v) is 17.0. The fraction of sp³-hybridized carbons (Fsp3) is 0.250. The van der Waals surface area contributed by atoms with Crippen molar-refractivity contribution in [2.24, 2.45) is 0 Å². The minimum atomic E-state index is -0.654. The number of rotatable bonds is 7. The third kappa shape index (κ3) is 4.77. The number of esters is 1. The third-order valence-electron chi connectivity index (χ3n) is 4.31. The van der Waals surface area contributed by atoms with Crippen LogP contribution in [-0.4, -0.2) is 39.6 Å². The van der Waals surface area contributed by atoms with Crippen LogP contribution in [0.1, 0.15) is 26.0 Å². The summed E-state index contributed by atoms with van der Waals surface area (Å²) < 4.78 is 10.8. The summed E-state index contributed by atoms with van der Waals surface area (Å²) in [6.07, 6.45) is 1.72. The summed E-state index contributed by atoms with van der Waals surface area (Å²) >= 11 is 0.696. The number of nitro benzene ring substituents is 1. The number of amides is 2. The van der Waals surface area contributed by atoms with Gasteiger partial charge in [-0.15, -0.1) is 0 Å². The number of hydrogen-bond donors (Lipinski definition) is 0. The number of carbonyl (C=O) groups is 3. The van der Waals surface area contributed by atoms with E-state index in [2.05, 4.69) is 0 Å². The van der Waals surface area contributed by atoms with Gasteiger partial charge in [-0.25, -0.2) is 0 Å². The Kier molecular flexibility index (Phi) is 6.36. The van der Waals surface area contributed by atoms with Crippen LogP contribution in [0.5, 0.6) is 0 Å². The molecule has 1 aromatic carbocycles. The van der Waals surface area contributed by atoms with Crippen molar-refractivity contribution >= 4 is 40.6 Å². The van der Waals surface area contributed by atoms with E-state index in [0.717, 1.165) is 4.90 Å². The van der Waals surface area contributed by atoms with Crippen LogP contribution < -0.4 is 0 Å². The van der Waals surface area contributed by atoms with Gasteiger partial charge in [-0.2, -0.15) is 0 Å². The minimum Gasteiger partial charge on any atom is -0.461 e. The molecule has 1 fully saturated rings. The Labute approximate surface area is 175 Å². The SMILES string of the molecule is CC[C@H](C)OC(=O)CN1C(=O)S/C(=C/c2ccc(-c3cccc([N+](=O)[O-])c3)o2)C1=O. The van der Waals surface area contributed by atoms with Gasteiger partial charge in [0.25, 0.3) is 16.8 Å². The van der Waals surface area contributed by atoms with Crippen molar-refractivity contribution in [3.8, 4) is 11.3 Å². The van der Waals surface area contributed by atoms with Crippen LogP contribution in [0.4, 0.5) is 10.5 Å². The molecule has 1 aliphatic heterocycles. The Morgan fingerprint density at radius 2 is 2.10 bits per heavy atom. The fourth-order valence-corrected chi connectivity index (χ4v) is 3.42. The second-order valence-electron chi connectivity index (χ2n) is 6.49. The molecule has 30 heavy (non-hydrogen) atoms.